The molecule has 0 saturated heterocycles. The van der Waals surface area contributed by atoms with Crippen molar-refractivity contribution in [2.24, 2.45) is 0 Å². The molecular weight excluding hydrogens is 196 g/mol. The standard InChI is InChI=1S/C14H12N2/c1-11-9-13(7-8-16-11)6-5-12-3-2-4-14(15)10-12/h2-4,7-10H,15H2,1H3. The lowest BCUT2D eigenvalue weighted by Crippen LogP contribution is -1.85. The molecule has 1 aromatic heterocycles. The Kier molecular flexibility index (Phi) is 2.88. The minimum absolute atomic E-state index is 0.734. The second-order valence-electron chi connectivity index (χ2n) is 3.56. The van der Waals surface area contributed by atoms with Crippen LogP contribution in [0.1, 0.15) is 16.8 Å². The minimum Gasteiger partial charge on any atom is -0.399 e. The summed E-state index contributed by atoms with van der Waals surface area (Å²) in [6.45, 7) is 1.95. The predicted molar refractivity (Wildman–Crippen MR) is 65.8 cm³/mol. The van der Waals surface area contributed by atoms with Crippen molar-refractivity contribution in [3.05, 3.63) is 59.4 Å². The highest BCUT2D eigenvalue weighted by molar-refractivity contribution is 5.49. The zero-order chi connectivity index (χ0) is 11.4. The van der Waals surface area contributed by atoms with Gasteiger partial charge in [-0.2, -0.15) is 0 Å². The number of anilines is 1. The third-order valence-electron chi connectivity index (χ3n) is 2.13. The number of benzene rings is 1. The molecule has 16 heavy (non-hydrogen) atoms. The van der Waals surface area contributed by atoms with Gasteiger partial charge in [-0.3, -0.25) is 4.98 Å². The summed E-state index contributed by atoms with van der Waals surface area (Å²) < 4.78 is 0. The lowest BCUT2D eigenvalue weighted by Gasteiger charge is -1.93. The lowest BCUT2D eigenvalue weighted by molar-refractivity contribution is 1.19. The molecular formula is C14H12N2. The first kappa shape index (κ1) is 10.3. The van der Waals surface area contributed by atoms with E-state index in [0.29, 0.717) is 0 Å². The largest absolute Gasteiger partial charge is 0.399 e. The van der Waals surface area contributed by atoms with Crippen molar-refractivity contribution in [1.29, 1.82) is 0 Å². The van der Waals surface area contributed by atoms with Crippen molar-refractivity contribution in [3.63, 3.8) is 0 Å². The van der Waals surface area contributed by atoms with Gasteiger partial charge in [0.2, 0.25) is 0 Å². The highest BCUT2D eigenvalue weighted by Gasteiger charge is 1.89. The van der Waals surface area contributed by atoms with Crippen LogP contribution >= 0.6 is 0 Å². The molecule has 2 nitrogen and oxygen atoms in total. The Hall–Kier alpha value is -2.27. The van der Waals surface area contributed by atoms with Crippen LogP contribution < -0.4 is 5.73 Å². The highest BCUT2D eigenvalue weighted by Crippen LogP contribution is 2.05. The van der Waals surface area contributed by atoms with E-state index in [2.05, 4.69) is 16.8 Å². The summed E-state index contributed by atoms with van der Waals surface area (Å²) in [5.41, 5.74) is 9.27. The Bertz CT molecular complexity index is 513. The average molecular weight is 208 g/mol. The fourth-order valence-corrected chi connectivity index (χ4v) is 1.38. The van der Waals surface area contributed by atoms with Gasteiger partial charge in [0.1, 0.15) is 0 Å². The number of aryl methyl sites for hydroxylation is 1. The zero-order valence-electron chi connectivity index (χ0n) is 9.07. The molecule has 2 rings (SSSR count). The predicted octanol–water partition coefficient (Wildman–Crippen LogP) is 2.37. The van der Waals surface area contributed by atoms with Gasteiger partial charge < -0.3 is 5.73 Å². The van der Waals surface area contributed by atoms with Crippen LogP contribution in [-0.4, -0.2) is 4.98 Å². The monoisotopic (exact) mass is 208 g/mol. The van der Waals surface area contributed by atoms with E-state index in [1.807, 2.05) is 43.3 Å². The molecule has 0 aliphatic carbocycles. The number of hydrogen-bond acceptors (Lipinski definition) is 2. The van der Waals surface area contributed by atoms with E-state index in [4.69, 9.17) is 5.73 Å². The van der Waals surface area contributed by atoms with E-state index < -0.39 is 0 Å². The van der Waals surface area contributed by atoms with Crippen molar-refractivity contribution in [1.82, 2.24) is 4.98 Å². The minimum atomic E-state index is 0.734. The van der Waals surface area contributed by atoms with Crippen molar-refractivity contribution >= 4 is 5.69 Å². The van der Waals surface area contributed by atoms with Crippen LogP contribution in [0.5, 0.6) is 0 Å². The number of hydrogen-bond donors (Lipinski definition) is 1. The number of nitrogen functional groups attached to an aromatic ring is 1. The van der Waals surface area contributed by atoms with E-state index in [9.17, 15) is 0 Å². The molecule has 0 aliphatic heterocycles. The van der Waals surface area contributed by atoms with Gasteiger partial charge in [0, 0.05) is 28.7 Å². The molecule has 2 aromatic rings. The molecule has 0 radical (unpaired) electrons. The first-order valence-corrected chi connectivity index (χ1v) is 5.04. The van der Waals surface area contributed by atoms with Crippen LogP contribution in [0.15, 0.2) is 42.6 Å². The molecule has 0 unspecified atom stereocenters. The van der Waals surface area contributed by atoms with E-state index >= 15 is 0 Å². The van der Waals surface area contributed by atoms with Crippen molar-refractivity contribution in [2.75, 3.05) is 5.73 Å². The number of nitrogens with two attached hydrogens (primary N) is 1. The van der Waals surface area contributed by atoms with Gasteiger partial charge in [-0.15, -0.1) is 0 Å². The van der Waals surface area contributed by atoms with Gasteiger partial charge in [-0.05, 0) is 37.3 Å². The van der Waals surface area contributed by atoms with Crippen LogP contribution in [0.2, 0.25) is 0 Å². The van der Waals surface area contributed by atoms with Gasteiger partial charge in [-0.25, -0.2) is 0 Å². The molecule has 0 amide bonds. The Morgan fingerprint density at radius 3 is 2.50 bits per heavy atom. The van der Waals surface area contributed by atoms with E-state index in [1.54, 1.807) is 6.20 Å². The summed E-state index contributed by atoms with van der Waals surface area (Å²) >= 11 is 0. The van der Waals surface area contributed by atoms with Gasteiger partial charge >= 0.3 is 0 Å². The Morgan fingerprint density at radius 2 is 1.81 bits per heavy atom. The summed E-state index contributed by atoms with van der Waals surface area (Å²) in [6, 6.07) is 11.4. The molecule has 1 heterocycles. The number of rotatable bonds is 0. The van der Waals surface area contributed by atoms with Crippen LogP contribution in [-0.2, 0) is 0 Å². The molecule has 1 aromatic carbocycles. The summed E-state index contributed by atoms with van der Waals surface area (Å²) in [4.78, 5) is 4.12. The topological polar surface area (TPSA) is 38.9 Å². The van der Waals surface area contributed by atoms with Crippen molar-refractivity contribution in [3.8, 4) is 11.8 Å². The number of pyridine rings is 1. The van der Waals surface area contributed by atoms with Crippen LogP contribution in [0.3, 0.4) is 0 Å². The van der Waals surface area contributed by atoms with E-state index in [-0.39, 0.29) is 0 Å². The number of nitrogens with zero attached hydrogens (tertiary/aromatic N) is 1. The maximum Gasteiger partial charge on any atom is 0.0385 e. The fourth-order valence-electron chi connectivity index (χ4n) is 1.38. The maximum atomic E-state index is 5.67. The molecule has 2 N–H and O–H groups in total. The fraction of sp³-hybridized carbons (Fsp3) is 0.0714. The van der Waals surface area contributed by atoms with Crippen LogP contribution in [0.4, 0.5) is 5.69 Å². The van der Waals surface area contributed by atoms with Gasteiger partial charge in [-0.1, -0.05) is 17.9 Å². The first-order chi connectivity index (χ1) is 7.74. The maximum absolute atomic E-state index is 5.67. The summed E-state index contributed by atoms with van der Waals surface area (Å²) in [5, 5.41) is 0. The quantitative estimate of drug-likeness (QED) is 0.533. The second-order valence-corrected chi connectivity index (χ2v) is 3.56. The zero-order valence-corrected chi connectivity index (χ0v) is 9.07. The van der Waals surface area contributed by atoms with E-state index in [0.717, 1.165) is 22.5 Å². The Morgan fingerprint density at radius 1 is 1.06 bits per heavy atom. The molecule has 0 saturated carbocycles. The molecule has 2 heteroatoms. The summed E-state index contributed by atoms with van der Waals surface area (Å²) in [5.74, 6) is 6.15. The molecule has 0 bridgehead atoms. The average Bonchev–Trinajstić information content (AvgIpc) is 2.27. The van der Waals surface area contributed by atoms with Crippen LogP contribution in [0.25, 0.3) is 0 Å². The van der Waals surface area contributed by atoms with Crippen LogP contribution in [0, 0.1) is 18.8 Å². The highest BCUT2D eigenvalue weighted by atomic mass is 14.6. The molecule has 0 aliphatic rings. The number of aromatic nitrogens is 1. The van der Waals surface area contributed by atoms with Gasteiger partial charge in [0.25, 0.3) is 0 Å². The molecule has 0 spiro atoms. The summed E-state index contributed by atoms with van der Waals surface area (Å²) in [7, 11) is 0. The van der Waals surface area contributed by atoms with Crippen molar-refractivity contribution < 1.29 is 0 Å². The Labute approximate surface area is 95.1 Å². The molecule has 0 fully saturated rings. The van der Waals surface area contributed by atoms with E-state index in [1.165, 1.54) is 0 Å². The molecule has 78 valence electrons. The third-order valence-corrected chi connectivity index (χ3v) is 2.13. The first-order valence-electron chi connectivity index (χ1n) is 5.04. The lowest BCUT2D eigenvalue weighted by atomic mass is 10.2. The second kappa shape index (κ2) is 4.50. The smallest absolute Gasteiger partial charge is 0.0385 e. The SMILES string of the molecule is Cc1cc(C#Cc2cccc(N)c2)ccn1. The Balaban J connectivity index is 2.28. The van der Waals surface area contributed by atoms with Gasteiger partial charge in [0.05, 0.1) is 0 Å². The van der Waals surface area contributed by atoms with Gasteiger partial charge in [0.15, 0.2) is 0 Å². The normalized spacial score (nSPS) is 9.31. The van der Waals surface area contributed by atoms with Crippen molar-refractivity contribution in [2.45, 2.75) is 6.92 Å². The third kappa shape index (κ3) is 2.61. The summed E-state index contributed by atoms with van der Waals surface area (Å²) in [6.07, 6.45) is 1.76. The molecule has 0 atom stereocenters.